The Labute approximate surface area is 318 Å². The standard InChI is InChI=1S/C46H30N4.CH2Cl2/c1-5-18-32(19-6-1)41-42(33-20-7-2-8-21-33)49-46(48-41)39-28-16-15-27-37(39)40-36-26-14-13-17-31(36)29-30-38(40)45-47-43(34-22-9-3-10-23-34)44(50(45)46)35-24-11-4-12-25-35;2-1-3/h1-30H;1H2. The van der Waals surface area contributed by atoms with Gasteiger partial charge in [0.2, 0.25) is 0 Å². The molecule has 7 aromatic carbocycles. The van der Waals surface area contributed by atoms with E-state index in [2.05, 4.69) is 174 Å². The van der Waals surface area contributed by atoms with E-state index in [0.717, 1.165) is 73.1 Å². The van der Waals surface area contributed by atoms with Gasteiger partial charge >= 0.3 is 0 Å². The number of hydrogen-bond donors (Lipinski definition) is 0. The Bertz CT molecular complexity index is 2590. The Balaban J connectivity index is 0.00000120. The van der Waals surface area contributed by atoms with Gasteiger partial charge in [0, 0.05) is 38.9 Å². The van der Waals surface area contributed by atoms with Gasteiger partial charge in [0.05, 0.1) is 28.2 Å². The predicted molar refractivity (Wildman–Crippen MR) is 221 cm³/mol. The molecule has 0 amide bonds. The highest BCUT2D eigenvalue weighted by Gasteiger charge is 2.48. The van der Waals surface area contributed by atoms with Crippen molar-refractivity contribution in [3.05, 3.63) is 199 Å². The molecule has 8 aromatic rings. The number of nitrogens with zero attached hydrogens (tertiary/aromatic N) is 4. The van der Waals surface area contributed by atoms with Gasteiger partial charge in [0.1, 0.15) is 5.82 Å². The second-order valence-electron chi connectivity index (χ2n) is 12.8. The number of fused-ring (bicyclic) bond motifs is 9. The maximum Gasteiger partial charge on any atom is 0.262 e. The van der Waals surface area contributed by atoms with E-state index in [1.54, 1.807) is 0 Å². The first-order chi connectivity index (χ1) is 26.2. The number of aromatic nitrogens is 2. The van der Waals surface area contributed by atoms with E-state index in [-0.39, 0.29) is 5.34 Å². The smallest absolute Gasteiger partial charge is 0.262 e. The molecule has 0 unspecified atom stereocenters. The van der Waals surface area contributed by atoms with Crippen molar-refractivity contribution in [3.8, 4) is 45.0 Å². The predicted octanol–water partition coefficient (Wildman–Crippen LogP) is 12.1. The Hall–Kier alpha value is -6.07. The summed E-state index contributed by atoms with van der Waals surface area (Å²) >= 11 is 9.53. The lowest BCUT2D eigenvalue weighted by atomic mass is 9.89. The van der Waals surface area contributed by atoms with Gasteiger partial charge in [-0.2, -0.15) is 0 Å². The summed E-state index contributed by atoms with van der Waals surface area (Å²) in [5, 5.41) is 2.54. The van der Waals surface area contributed by atoms with Crippen LogP contribution in [0.1, 0.15) is 16.7 Å². The summed E-state index contributed by atoms with van der Waals surface area (Å²) in [6, 6.07) is 63.7. The topological polar surface area (TPSA) is 42.5 Å². The fourth-order valence-corrected chi connectivity index (χ4v) is 7.68. The SMILES string of the molecule is ClCCl.c1ccc(C2=NC3(N=C2c2ccccc2)c2ccccc2-c2c(ccc4ccccc24)-c2nc(-c4ccccc4)c(-c4ccccc4)n23)cc1. The third-order valence-electron chi connectivity index (χ3n) is 9.87. The van der Waals surface area contributed by atoms with Crippen LogP contribution in [-0.2, 0) is 5.79 Å². The van der Waals surface area contributed by atoms with Crippen LogP contribution in [-0.4, -0.2) is 26.3 Å². The summed E-state index contributed by atoms with van der Waals surface area (Å²) < 4.78 is 2.32. The average Bonchev–Trinajstić information content (AvgIpc) is 3.81. The zero-order valence-corrected chi connectivity index (χ0v) is 30.1. The lowest BCUT2D eigenvalue weighted by molar-refractivity contribution is 0.412. The van der Waals surface area contributed by atoms with E-state index in [1.165, 1.54) is 10.8 Å². The van der Waals surface area contributed by atoms with E-state index < -0.39 is 5.79 Å². The molecule has 10 rings (SSSR count). The zero-order valence-electron chi connectivity index (χ0n) is 28.6. The van der Waals surface area contributed by atoms with E-state index in [0.29, 0.717) is 0 Å². The van der Waals surface area contributed by atoms with Crippen molar-refractivity contribution in [1.29, 1.82) is 0 Å². The number of halogens is 2. The Morgan fingerprint density at radius 2 is 0.962 bits per heavy atom. The highest BCUT2D eigenvalue weighted by atomic mass is 35.5. The van der Waals surface area contributed by atoms with E-state index in [9.17, 15) is 0 Å². The van der Waals surface area contributed by atoms with Gasteiger partial charge in [-0.1, -0.05) is 176 Å². The first-order valence-corrected chi connectivity index (χ1v) is 18.6. The Kier molecular flexibility index (Phi) is 8.55. The van der Waals surface area contributed by atoms with E-state index in [1.807, 2.05) is 12.1 Å². The second-order valence-corrected chi connectivity index (χ2v) is 13.7. The summed E-state index contributed by atoms with van der Waals surface area (Å²) in [7, 11) is 0. The molecule has 0 aliphatic carbocycles. The molecule has 53 heavy (non-hydrogen) atoms. The molecule has 254 valence electrons. The molecule has 4 nitrogen and oxygen atoms in total. The molecule has 2 aliphatic rings. The van der Waals surface area contributed by atoms with Gasteiger partial charge in [0.25, 0.3) is 5.79 Å². The van der Waals surface area contributed by atoms with Crippen molar-refractivity contribution in [2.45, 2.75) is 5.79 Å². The highest BCUT2D eigenvalue weighted by Crippen LogP contribution is 2.53. The van der Waals surface area contributed by atoms with Crippen molar-refractivity contribution >= 4 is 45.4 Å². The molecule has 0 N–H and O–H groups in total. The van der Waals surface area contributed by atoms with Crippen LogP contribution < -0.4 is 0 Å². The third kappa shape index (κ3) is 5.50. The molecular weight excluding hydrogens is 691 g/mol. The second kappa shape index (κ2) is 13.8. The van der Waals surface area contributed by atoms with Crippen LogP contribution in [0, 0.1) is 0 Å². The molecule has 0 atom stereocenters. The van der Waals surface area contributed by atoms with Crippen LogP contribution in [0.5, 0.6) is 0 Å². The number of imidazole rings is 1. The van der Waals surface area contributed by atoms with E-state index in [4.69, 9.17) is 38.2 Å². The van der Waals surface area contributed by atoms with Gasteiger partial charge in [-0.05, 0) is 22.4 Å². The van der Waals surface area contributed by atoms with Crippen LogP contribution in [0.25, 0.3) is 55.8 Å². The summed E-state index contributed by atoms with van der Waals surface area (Å²) in [5.41, 5.74) is 12.0. The monoisotopic (exact) mass is 722 g/mol. The fourth-order valence-electron chi connectivity index (χ4n) is 7.68. The van der Waals surface area contributed by atoms with Crippen molar-refractivity contribution < 1.29 is 0 Å². The van der Waals surface area contributed by atoms with Gasteiger partial charge in [-0.3, -0.25) is 4.57 Å². The maximum atomic E-state index is 5.84. The van der Waals surface area contributed by atoms with Crippen LogP contribution in [0.2, 0.25) is 0 Å². The van der Waals surface area contributed by atoms with Crippen LogP contribution in [0.3, 0.4) is 0 Å². The van der Waals surface area contributed by atoms with Crippen LogP contribution >= 0.6 is 23.2 Å². The molecule has 6 heteroatoms. The molecule has 0 saturated carbocycles. The highest BCUT2D eigenvalue weighted by molar-refractivity contribution is 6.54. The first kappa shape index (κ1) is 32.8. The molecule has 0 radical (unpaired) electrons. The van der Waals surface area contributed by atoms with Crippen molar-refractivity contribution in [2.24, 2.45) is 9.98 Å². The zero-order chi connectivity index (χ0) is 35.8. The van der Waals surface area contributed by atoms with Crippen LogP contribution in [0.15, 0.2) is 192 Å². The number of alkyl halides is 2. The third-order valence-corrected chi connectivity index (χ3v) is 9.87. The lowest BCUT2D eigenvalue weighted by Crippen LogP contribution is -2.31. The average molecular weight is 724 g/mol. The number of aliphatic imine (C=N–C) groups is 2. The summed E-state index contributed by atoms with van der Waals surface area (Å²) in [6.07, 6.45) is 0. The van der Waals surface area contributed by atoms with Gasteiger partial charge < -0.3 is 0 Å². The normalized spacial score (nSPS) is 13.5. The molecule has 0 fully saturated rings. The Morgan fingerprint density at radius 1 is 0.472 bits per heavy atom. The minimum Gasteiger partial charge on any atom is -0.275 e. The number of hydrogen-bond acceptors (Lipinski definition) is 3. The Morgan fingerprint density at radius 3 is 1.57 bits per heavy atom. The lowest BCUT2D eigenvalue weighted by Gasteiger charge is -2.29. The molecule has 3 heterocycles. The summed E-state index contributed by atoms with van der Waals surface area (Å²) in [6.45, 7) is 0. The largest absolute Gasteiger partial charge is 0.275 e. The minimum absolute atomic E-state index is 0.194. The van der Waals surface area contributed by atoms with Gasteiger partial charge in [-0.25, -0.2) is 15.0 Å². The quantitative estimate of drug-likeness (QED) is 0.167. The number of benzene rings is 7. The molecule has 2 aliphatic heterocycles. The fraction of sp³-hybridized carbons (Fsp3) is 0.0426. The summed E-state index contributed by atoms with van der Waals surface area (Å²) in [4.78, 5) is 17.3. The molecule has 0 saturated heterocycles. The molecule has 0 bridgehead atoms. The van der Waals surface area contributed by atoms with E-state index >= 15 is 0 Å². The van der Waals surface area contributed by atoms with Crippen molar-refractivity contribution in [3.63, 3.8) is 0 Å². The summed E-state index contributed by atoms with van der Waals surface area (Å²) in [5.74, 6) is -0.387. The molecule has 1 spiro atoms. The van der Waals surface area contributed by atoms with Gasteiger partial charge in [0.15, 0.2) is 0 Å². The molecular formula is C47H32Cl2N4. The van der Waals surface area contributed by atoms with Crippen molar-refractivity contribution in [1.82, 2.24) is 9.55 Å². The number of rotatable bonds is 4. The van der Waals surface area contributed by atoms with Crippen LogP contribution in [0.4, 0.5) is 0 Å². The van der Waals surface area contributed by atoms with Crippen molar-refractivity contribution in [2.75, 3.05) is 5.34 Å². The maximum absolute atomic E-state index is 5.84. The minimum atomic E-state index is -1.21. The first-order valence-electron chi connectivity index (χ1n) is 17.5. The molecule has 1 aromatic heterocycles. The van der Waals surface area contributed by atoms with Gasteiger partial charge in [-0.15, -0.1) is 23.2 Å².